The van der Waals surface area contributed by atoms with Crippen molar-refractivity contribution in [3.05, 3.63) is 46.6 Å². The number of hydrogen-bond donors (Lipinski definition) is 1. The summed E-state index contributed by atoms with van der Waals surface area (Å²) in [5.41, 5.74) is 0.609. The van der Waals surface area contributed by atoms with Gasteiger partial charge >= 0.3 is 0 Å². The lowest BCUT2D eigenvalue weighted by atomic mass is 9.93. The molecule has 0 unspecified atom stereocenters. The standard InChI is InChI=1S/C22H19FN4OS/c23-14-3-4-15-17(12-14)18-16(5-9-25-21(18)28)20-19(15)26-22(29-20)27-10-6-13(7-11-27)2-1-8-24/h3-5,9,12-13H,1-2,6-7,10-11H2,(H,25,28). The molecule has 1 saturated heterocycles. The summed E-state index contributed by atoms with van der Waals surface area (Å²) in [5, 5.41) is 12.5. The molecule has 0 aliphatic carbocycles. The van der Waals surface area contributed by atoms with Crippen LogP contribution in [-0.4, -0.2) is 23.1 Å². The van der Waals surface area contributed by atoms with Gasteiger partial charge in [-0.1, -0.05) is 11.3 Å². The molecule has 0 saturated carbocycles. The molecule has 0 atom stereocenters. The lowest BCUT2D eigenvalue weighted by Crippen LogP contribution is -2.33. The zero-order valence-corrected chi connectivity index (χ0v) is 16.6. The van der Waals surface area contributed by atoms with Gasteiger partial charge < -0.3 is 9.88 Å². The van der Waals surface area contributed by atoms with Crippen molar-refractivity contribution in [3.63, 3.8) is 0 Å². The van der Waals surface area contributed by atoms with Crippen LogP contribution in [0.2, 0.25) is 0 Å². The summed E-state index contributed by atoms with van der Waals surface area (Å²) < 4.78 is 14.9. The summed E-state index contributed by atoms with van der Waals surface area (Å²) in [6.45, 7) is 1.84. The van der Waals surface area contributed by atoms with E-state index in [1.54, 1.807) is 23.6 Å². The molecule has 4 aromatic rings. The quantitative estimate of drug-likeness (QED) is 0.489. The van der Waals surface area contributed by atoms with Crippen LogP contribution in [0.15, 0.2) is 35.3 Å². The first-order valence-electron chi connectivity index (χ1n) is 9.81. The van der Waals surface area contributed by atoms with Crippen LogP contribution in [0.4, 0.5) is 9.52 Å². The van der Waals surface area contributed by atoms with Crippen LogP contribution in [-0.2, 0) is 0 Å². The van der Waals surface area contributed by atoms with Crippen LogP contribution in [0.5, 0.6) is 0 Å². The molecule has 2 aromatic heterocycles. The Morgan fingerprint density at radius 1 is 1.24 bits per heavy atom. The van der Waals surface area contributed by atoms with Crippen molar-refractivity contribution < 1.29 is 4.39 Å². The molecular weight excluding hydrogens is 387 g/mol. The number of fused-ring (bicyclic) bond motifs is 6. The SMILES string of the molecule is N#CCCC1CCN(c2nc3c4ccc(F)cc4c4c(=O)[nH]ccc4c3s2)CC1. The van der Waals surface area contributed by atoms with Crippen molar-refractivity contribution in [2.24, 2.45) is 5.92 Å². The minimum absolute atomic E-state index is 0.215. The topological polar surface area (TPSA) is 72.8 Å². The van der Waals surface area contributed by atoms with Gasteiger partial charge in [0.15, 0.2) is 5.13 Å². The summed E-state index contributed by atoms with van der Waals surface area (Å²) in [5.74, 6) is 0.236. The molecule has 3 heterocycles. The Bertz CT molecular complexity index is 1330. The fourth-order valence-electron chi connectivity index (χ4n) is 4.36. The van der Waals surface area contributed by atoms with Gasteiger partial charge in [-0.2, -0.15) is 5.26 Å². The van der Waals surface area contributed by atoms with E-state index in [-0.39, 0.29) is 11.4 Å². The first-order valence-corrected chi connectivity index (χ1v) is 10.6. The predicted octanol–water partition coefficient (Wildman–Crippen LogP) is 4.95. The second-order valence-electron chi connectivity index (χ2n) is 7.59. The molecule has 0 radical (unpaired) electrons. The predicted molar refractivity (Wildman–Crippen MR) is 115 cm³/mol. The number of H-pyrrole nitrogens is 1. The number of nitrogens with zero attached hydrogens (tertiary/aromatic N) is 3. The second kappa shape index (κ2) is 7.12. The van der Waals surface area contributed by atoms with Crippen molar-refractivity contribution in [2.75, 3.05) is 18.0 Å². The number of benzene rings is 2. The second-order valence-corrected chi connectivity index (χ2v) is 8.56. The largest absolute Gasteiger partial charge is 0.348 e. The Labute approximate surface area is 170 Å². The minimum atomic E-state index is -0.365. The van der Waals surface area contributed by atoms with E-state index in [0.29, 0.717) is 23.1 Å². The number of piperidine rings is 1. The lowest BCUT2D eigenvalue weighted by Gasteiger charge is -2.31. The van der Waals surface area contributed by atoms with Gasteiger partial charge in [-0.05, 0) is 49.4 Å². The molecule has 0 spiro atoms. The molecule has 146 valence electrons. The number of hydrogen-bond acceptors (Lipinski definition) is 5. The maximum absolute atomic E-state index is 14.0. The third-order valence-electron chi connectivity index (χ3n) is 5.88. The number of nitrogens with one attached hydrogen (secondary N) is 1. The average molecular weight is 406 g/mol. The van der Waals surface area contributed by atoms with E-state index in [1.165, 1.54) is 12.1 Å². The summed E-state index contributed by atoms with van der Waals surface area (Å²) in [7, 11) is 0. The van der Waals surface area contributed by atoms with E-state index in [2.05, 4.69) is 16.0 Å². The van der Waals surface area contributed by atoms with Gasteiger partial charge in [-0.25, -0.2) is 9.37 Å². The van der Waals surface area contributed by atoms with E-state index in [1.807, 2.05) is 6.07 Å². The molecule has 5 rings (SSSR count). The number of anilines is 1. The normalized spacial score (nSPS) is 15.4. The van der Waals surface area contributed by atoms with Crippen LogP contribution in [0.1, 0.15) is 25.7 Å². The number of pyridine rings is 1. The first-order chi connectivity index (χ1) is 14.2. The zero-order valence-electron chi connectivity index (χ0n) is 15.7. The van der Waals surface area contributed by atoms with Gasteiger partial charge in [-0.15, -0.1) is 0 Å². The first kappa shape index (κ1) is 18.1. The van der Waals surface area contributed by atoms with E-state index in [9.17, 15) is 9.18 Å². The van der Waals surface area contributed by atoms with Gasteiger partial charge in [0.1, 0.15) is 5.82 Å². The van der Waals surface area contributed by atoms with Crippen molar-refractivity contribution in [1.29, 1.82) is 5.26 Å². The molecule has 0 amide bonds. The molecular formula is C22H19FN4OS. The molecule has 1 N–H and O–H groups in total. The molecule has 2 aromatic carbocycles. The lowest BCUT2D eigenvalue weighted by molar-refractivity contribution is 0.385. The van der Waals surface area contributed by atoms with Crippen LogP contribution < -0.4 is 10.5 Å². The summed E-state index contributed by atoms with van der Waals surface area (Å²) in [6, 6.07) is 8.68. The summed E-state index contributed by atoms with van der Waals surface area (Å²) in [6.07, 6.45) is 5.34. The number of thiazole rings is 1. The number of halogens is 1. The Hall–Kier alpha value is -2.98. The van der Waals surface area contributed by atoms with E-state index < -0.39 is 0 Å². The Morgan fingerprint density at radius 2 is 2.07 bits per heavy atom. The monoisotopic (exact) mass is 406 g/mol. The number of rotatable bonds is 3. The van der Waals surface area contributed by atoms with Crippen molar-refractivity contribution >= 4 is 48.2 Å². The smallest absolute Gasteiger partial charge is 0.256 e. The Kier molecular flexibility index (Phi) is 4.44. The van der Waals surface area contributed by atoms with Crippen LogP contribution in [0.3, 0.4) is 0 Å². The van der Waals surface area contributed by atoms with E-state index in [0.717, 1.165) is 58.5 Å². The maximum atomic E-state index is 14.0. The highest BCUT2D eigenvalue weighted by Crippen LogP contribution is 2.40. The Morgan fingerprint density at radius 3 is 2.86 bits per heavy atom. The van der Waals surface area contributed by atoms with Crippen LogP contribution in [0, 0.1) is 23.1 Å². The number of aromatic amines is 1. The van der Waals surface area contributed by atoms with E-state index >= 15 is 0 Å². The molecule has 29 heavy (non-hydrogen) atoms. The number of aromatic nitrogens is 2. The molecule has 0 bridgehead atoms. The van der Waals surface area contributed by atoms with Gasteiger partial charge in [0, 0.05) is 41.9 Å². The third-order valence-corrected chi connectivity index (χ3v) is 7.03. The third kappa shape index (κ3) is 3.04. The van der Waals surface area contributed by atoms with Gasteiger partial charge in [-0.3, -0.25) is 4.79 Å². The van der Waals surface area contributed by atoms with Gasteiger partial charge in [0.05, 0.1) is 21.7 Å². The summed E-state index contributed by atoms with van der Waals surface area (Å²) >= 11 is 1.60. The van der Waals surface area contributed by atoms with Crippen LogP contribution in [0.25, 0.3) is 31.8 Å². The minimum Gasteiger partial charge on any atom is -0.348 e. The molecule has 1 aliphatic rings. The zero-order chi connectivity index (χ0) is 20.0. The number of nitriles is 1. The molecule has 7 heteroatoms. The summed E-state index contributed by atoms with van der Waals surface area (Å²) in [4.78, 5) is 22.5. The highest BCUT2D eigenvalue weighted by atomic mass is 32.1. The Balaban J connectivity index is 1.63. The van der Waals surface area contributed by atoms with Crippen molar-refractivity contribution in [2.45, 2.75) is 25.7 Å². The highest BCUT2D eigenvalue weighted by Gasteiger charge is 2.23. The molecule has 5 nitrogen and oxygen atoms in total. The average Bonchev–Trinajstić information content (AvgIpc) is 3.18. The fourth-order valence-corrected chi connectivity index (χ4v) is 5.52. The van der Waals surface area contributed by atoms with E-state index in [4.69, 9.17) is 10.2 Å². The maximum Gasteiger partial charge on any atom is 0.256 e. The highest BCUT2D eigenvalue weighted by molar-refractivity contribution is 7.23. The van der Waals surface area contributed by atoms with Crippen LogP contribution >= 0.6 is 11.3 Å². The van der Waals surface area contributed by atoms with Gasteiger partial charge in [0.25, 0.3) is 5.56 Å². The fraction of sp³-hybridized carbons (Fsp3) is 0.318. The van der Waals surface area contributed by atoms with Gasteiger partial charge in [0.2, 0.25) is 0 Å². The van der Waals surface area contributed by atoms with Crippen molar-refractivity contribution in [3.8, 4) is 6.07 Å². The van der Waals surface area contributed by atoms with Crippen molar-refractivity contribution in [1.82, 2.24) is 9.97 Å². The molecule has 1 fully saturated rings. The molecule has 1 aliphatic heterocycles.